The molecule has 1 heterocycles. The molecule has 0 bridgehead atoms. The molecular weight excluding hydrogens is 266 g/mol. The molecule has 0 spiro atoms. The van der Waals surface area contributed by atoms with Crippen LogP contribution in [0.15, 0.2) is 27.4 Å². The average molecular weight is 277 g/mol. The predicted molar refractivity (Wildman–Crippen MR) is 70.6 cm³/mol. The molecule has 2 aromatic rings. The lowest BCUT2D eigenvalue weighted by molar-refractivity contribution is 0.196. The van der Waals surface area contributed by atoms with Gasteiger partial charge in [-0.15, -0.1) is 10.2 Å². The van der Waals surface area contributed by atoms with Gasteiger partial charge in [0, 0.05) is 4.90 Å². The zero-order chi connectivity index (χ0) is 13.1. The normalized spacial score (nSPS) is 12.1. The van der Waals surface area contributed by atoms with Crippen molar-refractivity contribution in [3.63, 3.8) is 0 Å². The van der Waals surface area contributed by atoms with Gasteiger partial charge >= 0.3 is 0 Å². The van der Waals surface area contributed by atoms with E-state index in [2.05, 4.69) is 16.3 Å². The van der Waals surface area contributed by atoms with E-state index in [-0.39, 0.29) is 0 Å². The highest BCUT2D eigenvalue weighted by molar-refractivity contribution is 8.01. The van der Waals surface area contributed by atoms with Gasteiger partial charge in [-0.25, -0.2) is 0 Å². The highest BCUT2D eigenvalue weighted by Gasteiger charge is 2.12. The van der Waals surface area contributed by atoms with Crippen LogP contribution in [-0.2, 0) is 0 Å². The van der Waals surface area contributed by atoms with E-state index in [1.807, 2.05) is 6.92 Å². The molecule has 1 aromatic carbocycles. The van der Waals surface area contributed by atoms with Crippen molar-refractivity contribution in [2.24, 2.45) is 0 Å². The van der Waals surface area contributed by atoms with E-state index in [9.17, 15) is 5.11 Å². The lowest BCUT2D eigenvalue weighted by Gasteiger charge is -2.10. The second-order valence-electron chi connectivity index (χ2n) is 3.73. The van der Waals surface area contributed by atoms with Gasteiger partial charge in [0.1, 0.15) is 5.01 Å². The topological polar surface area (TPSA) is 69.8 Å². The van der Waals surface area contributed by atoms with Crippen molar-refractivity contribution >= 4 is 23.1 Å². The highest BCUT2D eigenvalue weighted by atomic mass is 32.2. The Bertz CT molecular complexity index is 602. The van der Waals surface area contributed by atoms with Gasteiger partial charge in [0.15, 0.2) is 4.34 Å². The molecule has 0 unspecified atom stereocenters. The SMILES string of the molecule is Cc1nnc(Sc2cc(C#N)ccc2[C@@H](C)O)s1. The van der Waals surface area contributed by atoms with Crippen LogP contribution >= 0.6 is 23.1 Å². The number of aromatic nitrogens is 2. The van der Waals surface area contributed by atoms with Crippen LogP contribution in [0.1, 0.15) is 29.2 Å². The number of aliphatic hydroxyl groups excluding tert-OH is 1. The van der Waals surface area contributed by atoms with Gasteiger partial charge in [0.2, 0.25) is 0 Å². The maximum Gasteiger partial charge on any atom is 0.179 e. The zero-order valence-corrected chi connectivity index (χ0v) is 11.5. The van der Waals surface area contributed by atoms with Crippen LogP contribution in [0.25, 0.3) is 0 Å². The molecule has 0 radical (unpaired) electrons. The summed E-state index contributed by atoms with van der Waals surface area (Å²) in [5, 5.41) is 27.5. The van der Waals surface area contributed by atoms with E-state index in [1.54, 1.807) is 25.1 Å². The fourth-order valence-corrected chi connectivity index (χ4v) is 3.48. The van der Waals surface area contributed by atoms with Crippen molar-refractivity contribution < 1.29 is 5.11 Å². The van der Waals surface area contributed by atoms with Crippen molar-refractivity contribution in [2.75, 3.05) is 0 Å². The van der Waals surface area contributed by atoms with Gasteiger partial charge in [-0.05, 0) is 31.5 Å². The largest absolute Gasteiger partial charge is 0.389 e. The average Bonchev–Trinajstić information content (AvgIpc) is 2.74. The summed E-state index contributed by atoms with van der Waals surface area (Å²) in [5.74, 6) is 0. The number of hydrogen-bond acceptors (Lipinski definition) is 6. The maximum absolute atomic E-state index is 9.72. The minimum Gasteiger partial charge on any atom is -0.389 e. The van der Waals surface area contributed by atoms with Crippen LogP contribution in [0.2, 0.25) is 0 Å². The quantitative estimate of drug-likeness (QED) is 0.934. The van der Waals surface area contributed by atoms with Crippen molar-refractivity contribution in [2.45, 2.75) is 29.2 Å². The van der Waals surface area contributed by atoms with Crippen LogP contribution < -0.4 is 0 Å². The van der Waals surface area contributed by atoms with Crippen LogP contribution in [0.5, 0.6) is 0 Å². The molecule has 1 aromatic heterocycles. The van der Waals surface area contributed by atoms with Crippen molar-refractivity contribution in [3.8, 4) is 6.07 Å². The summed E-state index contributed by atoms with van der Waals surface area (Å²) in [5.41, 5.74) is 1.37. The summed E-state index contributed by atoms with van der Waals surface area (Å²) in [6, 6.07) is 7.35. The lowest BCUT2D eigenvalue weighted by atomic mass is 10.1. The van der Waals surface area contributed by atoms with Crippen molar-refractivity contribution in [1.82, 2.24) is 10.2 Å². The number of nitrogens with zero attached hydrogens (tertiary/aromatic N) is 3. The molecule has 2 rings (SSSR count). The first-order valence-corrected chi connectivity index (χ1v) is 6.93. The molecule has 4 nitrogen and oxygen atoms in total. The summed E-state index contributed by atoms with van der Waals surface area (Å²) in [6.45, 7) is 3.60. The summed E-state index contributed by atoms with van der Waals surface area (Å²) >= 11 is 2.92. The first-order valence-electron chi connectivity index (χ1n) is 5.30. The van der Waals surface area contributed by atoms with Crippen LogP contribution in [-0.4, -0.2) is 15.3 Å². The molecule has 92 valence electrons. The van der Waals surface area contributed by atoms with Gasteiger partial charge in [-0.3, -0.25) is 0 Å². The lowest BCUT2D eigenvalue weighted by Crippen LogP contribution is -1.94. The minimum absolute atomic E-state index is 0.572. The number of rotatable bonds is 3. The highest BCUT2D eigenvalue weighted by Crippen LogP contribution is 2.35. The Balaban J connectivity index is 2.38. The Labute approximate surface area is 113 Å². The summed E-state index contributed by atoms with van der Waals surface area (Å²) in [4.78, 5) is 0.847. The van der Waals surface area contributed by atoms with Crippen molar-refractivity contribution in [3.05, 3.63) is 34.3 Å². The fraction of sp³-hybridized carbons (Fsp3) is 0.250. The third-order valence-electron chi connectivity index (χ3n) is 2.30. The van der Waals surface area contributed by atoms with E-state index in [0.717, 1.165) is 19.8 Å². The zero-order valence-electron chi connectivity index (χ0n) is 9.91. The Morgan fingerprint density at radius 1 is 1.44 bits per heavy atom. The number of aryl methyl sites for hydroxylation is 1. The molecule has 0 aliphatic rings. The van der Waals surface area contributed by atoms with E-state index in [4.69, 9.17) is 5.26 Å². The number of benzene rings is 1. The van der Waals surface area contributed by atoms with Gasteiger partial charge in [-0.1, -0.05) is 29.2 Å². The number of hydrogen-bond donors (Lipinski definition) is 1. The van der Waals surface area contributed by atoms with Crippen molar-refractivity contribution in [1.29, 1.82) is 5.26 Å². The van der Waals surface area contributed by atoms with Gasteiger partial charge in [0.25, 0.3) is 0 Å². The number of aliphatic hydroxyl groups is 1. The molecule has 0 amide bonds. The van der Waals surface area contributed by atoms with E-state index >= 15 is 0 Å². The second kappa shape index (κ2) is 5.48. The molecule has 6 heteroatoms. The monoisotopic (exact) mass is 277 g/mol. The van der Waals surface area contributed by atoms with Crippen LogP contribution in [0.4, 0.5) is 0 Å². The van der Waals surface area contributed by atoms with E-state index in [0.29, 0.717) is 5.56 Å². The maximum atomic E-state index is 9.72. The summed E-state index contributed by atoms with van der Waals surface area (Å²) < 4.78 is 0.810. The molecule has 1 N–H and O–H groups in total. The Morgan fingerprint density at radius 2 is 2.22 bits per heavy atom. The Hall–Kier alpha value is -1.42. The summed E-state index contributed by atoms with van der Waals surface area (Å²) in [6.07, 6.45) is -0.575. The van der Waals surface area contributed by atoms with Gasteiger partial charge in [0.05, 0.1) is 17.7 Å². The first kappa shape index (κ1) is 13.0. The van der Waals surface area contributed by atoms with Gasteiger partial charge in [-0.2, -0.15) is 5.26 Å². The smallest absolute Gasteiger partial charge is 0.179 e. The Kier molecular flexibility index (Phi) is 3.97. The number of nitriles is 1. The third kappa shape index (κ3) is 2.88. The molecule has 18 heavy (non-hydrogen) atoms. The molecule has 0 saturated carbocycles. The van der Waals surface area contributed by atoms with Crippen LogP contribution in [0, 0.1) is 18.3 Å². The molecular formula is C12H11N3OS2. The molecule has 1 atom stereocenters. The van der Waals surface area contributed by atoms with Crippen LogP contribution in [0.3, 0.4) is 0 Å². The molecule has 0 fully saturated rings. The third-order valence-corrected chi connectivity index (χ3v) is 4.26. The van der Waals surface area contributed by atoms with E-state index < -0.39 is 6.10 Å². The predicted octanol–water partition coefficient (Wildman–Crippen LogP) is 2.92. The molecule has 0 saturated heterocycles. The van der Waals surface area contributed by atoms with E-state index in [1.165, 1.54) is 23.1 Å². The first-order chi connectivity index (χ1) is 8.60. The van der Waals surface area contributed by atoms with Gasteiger partial charge < -0.3 is 5.11 Å². The minimum atomic E-state index is -0.575. The molecule has 0 aliphatic carbocycles. The standard InChI is InChI=1S/C12H11N3OS2/c1-7(16)10-4-3-9(6-13)5-11(10)18-12-15-14-8(2)17-12/h3-5,7,16H,1-2H3/t7-/m1/s1. The fourth-order valence-electron chi connectivity index (χ4n) is 1.45. The molecule has 0 aliphatic heterocycles. The second-order valence-corrected chi connectivity index (χ2v) is 6.20. The Morgan fingerprint density at radius 3 is 2.78 bits per heavy atom. The summed E-state index contributed by atoms with van der Waals surface area (Å²) in [7, 11) is 0.